The zero-order valence-corrected chi connectivity index (χ0v) is 13.2. The van der Waals surface area contributed by atoms with Crippen LogP contribution in [0.5, 0.6) is 0 Å². The van der Waals surface area contributed by atoms with Gasteiger partial charge in [0.05, 0.1) is 0 Å². The van der Waals surface area contributed by atoms with Crippen molar-refractivity contribution in [1.29, 1.82) is 0 Å². The molecule has 1 aromatic carbocycles. The van der Waals surface area contributed by atoms with Gasteiger partial charge in [0.1, 0.15) is 0 Å². The lowest BCUT2D eigenvalue weighted by atomic mass is 10.1. The maximum absolute atomic E-state index is 6.11. The van der Waals surface area contributed by atoms with Gasteiger partial charge < -0.3 is 5.32 Å². The maximum atomic E-state index is 6.11. The van der Waals surface area contributed by atoms with Crippen LogP contribution < -0.4 is 5.32 Å². The first-order valence-corrected chi connectivity index (χ1v) is 7.88. The summed E-state index contributed by atoms with van der Waals surface area (Å²) >= 11 is 7.97. The molecule has 0 aliphatic carbocycles. The van der Waals surface area contributed by atoms with Crippen LogP contribution in [-0.4, -0.2) is 7.05 Å². The van der Waals surface area contributed by atoms with Crippen molar-refractivity contribution in [3.8, 4) is 10.4 Å². The highest BCUT2D eigenvalue weighted by atomic mass is 35.5. The molecule has 1 unspecified atom stereocenters. The second-order valence-electron chi connectivity index (χ2n) is 4.79. The first kappa shape index (κ1) is 14.6. The molecule has 1 atom stereocenters. The molecule has 1 N–H and O–H groups in total. The summed E-state index contributed by atoms with van der Waals surface area (Å²) in [7, 11) is 2.03. The maximum Gasteiger partial charge on any atom is 0.0412 e. The van der Waals surface area contributed by atoms with Crippen molar-refractivity contribution in [2.24, 2.45) is 0 Å². The lowest BCUT2D eigenvalue weighted by Crippen LogP contribution is -2.14. The van der Waals surface area contributed by atoms with Gasteiger partial charge in [-0.15, -0.1) is 11.3 Å². The normalized spacial score (nSPS) is 12.6. The largest absolute Gasteiger partial charge is 0.312 e. The first-order valence-electron chi connectivity index (χ1n) is 6.69. The zero-order chi connectivity index (χ0) is 13.8. The minimum atomic E-state index is 0.461. The molecular formula is C16H20ClNS. The van der Waals surface area contributed by atoms with Crippen molar-refractivity contribution in [3.63, 3.8) is 0 Å². The number of rotatable bonds is 5. The third kappa shape index (κ3) is 3.38. The predicted octanol–water partition coefficient (Wildman–Crippen LogP) is 5.44. The van der Waals surface area contributed by atoms with E-state index in [1.54, 1.807) is 0 Å². The van der Waals surface area contributed by atoms with Gasteiger partial charge >= 0.3 is 0 Å². The van der Waals surface area contributed by atoms with Gasteiger partial charge in [-0.3, -0.25) is 0 Å². The van der Waals surface area contributed by atoms with Crippen LogP contribution in [0.1, 0.15) is 36.2 Å². The number of hydrogen-bond acceptors (Lipinski definition) is 2. The Morgan fingerprint density at radius 2 is 2.05 bits per heavy atom. The summed E-state index contributed by atoms with van der Waals surface area (Å²) in [4.78, 5) is 2.70. The van der Waals surface area contributed by atoms with Crippen LogP contribution in [0.3, 0.4) is 0 Å². The van der Waals surface area contributed by atoms with Gasteiger partial charge in [-0.05, 0) is 55.8 Å². The molecule has 0 saturated heterocycles. The van der Waals surface area contributed by atoms with E-state index in [2.05, 4.69) is 43.4 Å². The van der Waals surface area contributed by atoms with Crippen molar-refractivity contribution in [3.05, 3.63) is 45.8 Å². The van der Waals surface area contributed by atoms with Crippen molar-refractivity contribution >= 4 is 22.9 Å². The summed E-state index contributed by atoms with van der Waals surface area (Å²) < 4.78 is 0. The summed E-state index contributed by atoms with van der Waals surface area (Å²) in [5.74, 6) is 0. The van der Waals surface area contributed by atoms with Crippen LogP contribution in [0.25, 0.3) is 10.4 Å². The third-order valence-corrected chi connectivity index (χ3v) is 4.83. The van der Waals surface area contributed by atoms with Gasteiger partial charge in [-0.1, -0.05) is 31.0 Å². The summed E-state index contributed by atoms with van der Waals surface area (Å²) in [6, 6.07) is 11.0. The fourth-order valence-electron chi connectivity index (χ4n) is 2.26. The van der Waals surface area contributed by atoms with Gasteiger partial charge in [-0.25, -0.2) is 0 Å². The average molecular weight is 294 g/mol. The lowest BCUT2D eigenvalue weighted by molar-refractivity contribution is 0.550. The minimum Gasteiger partial charge on any atom is -0.312 e. The standard InChI is InChI=1S/C16H20ClNS/c1-4-5-14(18-3)16-9-8-15(19-16)13-10-12(17)7-6-11(13)2/h6-10,14,18H,4-5H2,1-3H3. The smallest absolute Gasteiger partial charge is 0.0412 e. The topological polar surface area (TPSA) is 12.0 Å². The second-order valence-corrected chi connectivity index (χ2v) is 6.34. The van der Waals surface area contributed by atoms with Crippen molar-refractivity contribution in [2.45, 2.75) is 32.7 Å². The van der Waals surface area contributed by atoms with Gasteiger partial charge in [0, 0.05) is 20.8 Å². The number of nitrogens with one attached hydrogen (secondary N) is 1. The zero-order valence-electron chi connectivity index (χ0n) is 11.7. The Bertz CT molecular complexity index is 547. The van der Waals surface area contributed by atoms with E-state index in [0.717, 1.165) is 5.02 Å². The van der Waals surface area contributed by atoms with Gasteiger partial charge in [-0.2, -0.15) is 0 Å². The number of halogens is 1. The van der Waals surface area contributed by atoms with E-state index in [-0.39, 0.29) is 0 Å². The third-order valence-electron chi connectivity index (χ3n) is 3.36. The molecule has 2 rings (SSSR count). The number of aryl methyl sites for hydroxylation is 1. The van der Waals surface area contributed by atoms with Crippen LogP contribution in [0, 0.1) is 6.92 Å². The molecular weight excluding hydrogens is 274 g/mol. The molecule has 3 heteroatoms. The fraction of sp³-hybridized carbons (Fsp3) is 0.375. The molecule has 19 heavy (non-hydrogen) atoms. The van der Waals surface area contributed by atoms with Crippen LogP contribution >= 0.6 is 22.9 Å². The summed E-state index contributed by atoms with van der Waals surface area (Å²) in [6.45, 7) is 4.35. The molecule has 2 aromatic rings. The van der Waals surface area contributed by atoms with Crippen molar-refractivity contribution in [1.82, 2.24) is 5.32 Å². The predicted molar refractivity (Wildman–Crippen MR) is 86.2 cm³/mol. The highest BCUT2D eigenvalue weighted by Gasteiger charge is 2.12. The molecule has 102 valence electrons. The molecule has 0 fully saturated rings. The van der Waals surface area contributed by atoms with Crippen LogP contribution in [0.15, 0.2) is 30.3 Å². The van der Waals surface area contributed by atoms with E-state index < -0.39 is 0 Å². The van der Waals surface area contributed by atoms with E-state index >= 15 is 0 Å². The summed E-state index contributed by atoms with van der Waals surface area (Å²) in [5, 5.41) is 4.19. The van der Waals surface area contributed by atoms with E-state index in [1.165, 1.54) is 33.7 Å². The Hall–Kier alpha value is -0.830. The van der Waals surface area contributed by atoms with Gasteiger partial charge in [0.2, 0.25) is 0 Å². The fourth-order valence-corrected chi connectivity index (χ4v) is 3.67. The van der Waals surface area contributed by atoms with E-state index in [9.17, 15) is 0 Å². The van der Waals surface area contributed by atoms with E-state index in [1.807, 2.05) is 24.5 Å². The first-order chi connectivity index (χ1) is 9.15. The molecule has 0 spiro atoms. The molecule has 0 amide bonds. The van der Waals surface area contributed by atoms with Gasteiger partial charge in [0.25, 0.3) is 0 Å². The van der Waals surface area contributed by atoms with Crippen LogP contribution in [0.2, 0.25) is 5.02 Å². The Labute approximate surface area is 124 Å². The quantitative estimate of drug-likeness (QED) is 0.774. The Morgan fingerprint density at radius 1 is 1.26 bits per heavy atom. The average Bonchev–Trinajstić information content (AvgIpc) is 2.88. The number of benzene rings is 1. The molecule has 1 heterocycles. The van der Waals surface area contributed by atoms with Crippen LogP contribution in [0.4, 0.5) is 0 Å². The molecule has 1 nitrogen and oxygen atoms in total. The second kappa shape index (κ2) is 6.56. The number of hydrogen-bond donors (Lipinski definition) is 1. The van der Waals surface area contributed by atoms with Crippen LogP contribution in [-0.2, 0) is 0 Å². The molecule has 0 aliphatic heterocycles. The Morgan fingerprint density at radius 3 is 2.74 bits per heavy atom. The summed E-state index contributed by atoms with van der Waals surface area (Å²) in [6.07, 6.45) is 2.36. The SMILES string of the molecule is CCCC(NC)c1ccc(-c2cc(Cl)ccc2C)s1. The van der Waals surface area contributed by atoms with E-state index in [4.69, 9.17) is 11.6 Å². The van der Waals surface area contributed by atoms with Gasteiger partial charge in [0.15, 0.2) is 0 Å². The monoisotopic (exact) mass is 293 g/mol. The molecule has 0 bridgehead atoms. The summed E-state index contributed by atoms with van der Waals surface area (Å²) in [5.41, 5.74) is 2.52. The van der Waals surface area contributed by atoms with E-state index in [0.29, 0.717) is 6.04 Å². The molecule has 1 aromatic heterocycles. The molecule has 0 aliphatic rings. The Kier molecular flexibility index (Phi) is 5.03. The molecule has 0 saturated carbocycles. The number of thiophene rings is 1. The van der Waals surface area contributed by atoms with Crippen molar-refractivity contribution < 1.29 is 0 Å². The highest BCUT2D eigenvalue weighted by molar-refractivity contribution is 7.15. The minimum absolute atomic E-state index is 0.461. The van der Waals surface area contributed by atoms with Crippen molar-refractivity contribution in [2.75, 3.05) is 7.05 Å². The Balaban J connectivity index is 2.32. The molecule has 0 radical (unpaired) electrons. The highest BCUT2D eigenvalue weighted by Crippen LogP contribution is 2.35. The lowest BCUT2D eigenvalue weighted by Gasteiger charge is -2.12.